The number of nitrogens with one attached hydrogen (secondary N) is 2. The van der Waals surface area contributed by atoms with Crippen LogP contribution in [0.25, 0.3) is 11.0 Å². The molecule has 1 heterocycles. The van der Waals surface area contributed by atoms with Crippen LogP contribution >= 0.6 is 11.8 Å². The van der Waals surface area contributed by atoms with Crippen LogP contribution in [0.3, 0.4) is 0 Å². The van der Waals surface area contributed by atoms with Crippen LogP contribution in [-0.4, -0.2) is 48.4 Å². The molecule has 0 aliphatic heterocycles. The number of para-hydroxylation sites is 2. The number of sulfonamides is 1. The van der Waals surface area contributed by atoms with Gasteiger partial charge in [0.15, 0.2) is 5.16 Å². The summed E-state index contributed by atoms with van der Waals surface area (Å²) >= 11 is 1.29. The van der Waals surface area contributed by atoms with Gasteiger partial charge in [0.05, 0.1) is 21.7 Å². The van der Waals surface area contributed by atoms with Gasteiger partial charge in [-0.05, 0) is 36.8 Å². The highest BCUT2D eigenvalue weighted by Gasteiger charge is 2.20. The molecule has 0 radical (unpaired) electrons. The first-order valence-corrected chi connectivity index (χ1v) is 10.6. The molecule has 0 unspecified atom stereocenters. The molecule has 2 N–H and O–H groups in total. The molecule has 2 aromatic carbocycles. The summed E-state index contributed by atoms with van der Waals surface area (Å²) in [7, 11) is -0.622. The summed E-state index contributed by atoms with van der Waals surface area (Å²) in [6, 6.07) is 12.5. The number of aromatic amines is 1. The van der Waals surface area contributed by atoms with Crippen LogP contribution in [0.15, 0.2) is 52.5 Å². The van der Waals surface area contributed by atoms with Gasteiger partial charge in [0.2, 0.25) is 15.9 Å². The molecule has 0 spiro atoms. The Hall–Kier alpha value is -2.36. The van der Waals surface area contributed by atoms with Gasteiger partial charge in [-0.3, -0.25) is 4.79 Å². The number of carbonyl (C=O) groups is 1. The maximum Gasteiger partial charge on any atom is 0.242 e. The van der Waals surface area contributed by atoms with Crippen molar-refractivity contribution in [3.8, 4) is 0 Å². The van der Waals surface area contributed by atoms with Gasteiger partial charge in [-0.2, -0.15) is 0 Å². The summed E-state index contributed by atoms with van der Waals surface area (Å²) in [5.41, 5.74) is 2.82. The standard InChI is InChI=1S/C18H20N4O3S2/c1-12-8-9-13(10-16(12)27(24,25)22(2)3)19-17(23)11-26-18-20-14-6-4-5-7-15(14)21-18/h4-10H,11H2,1-3H3,(H,19,23)(H,20,21). The van der Waals surface area contributed by atoms with Crippen molar-refractivity contribution in [2.75, 3.05) is 25.2 Å². The van der Waals surface area contributed by atoms with Gasteiger partial charge in [-0.1, -0.05) is 30.0 Å². The van der Waals surface area contributed by atoms with Crippen LogP contribution in [0, 0.1) is 6.92 Å². The van der Waals surface area contributed by atoms with E-state index in [0.717, 1.165) is 15.3 Å². The number of aromatic nitrogens is 2. The molecule has 0 aliphatic carbocycles. The van der Waals surface area contributed by atoms with E-state index in [0.29, 0.717) is 16.4 Å². The Labute approximate surface area is 162 Å². The van der Waals surface area contributed by atoms with E-state index in [4.69, 9.17) is 0 Å². The smallest absolute Gasteiger partial charge is 0.242 e. The Morgan fingerprint density at radius 1 is 1.22 bits per heavy atom. The van der Waals surface area contributed by atoms with Crippen molar-refractivity contribution in [2.45, 2.75) is 17.0 Å². The lowest BCUT2D eigenvalue weighted by atomic mass is 10.2. The zero-order chi connectivity index (χ0) is 19.6. The molecular weight excluding hydrogens is 384 g/mol. The quantitative estimate of drug-likeness (QED) is 0.616. The number of carbonyl (C=O) groups excluding carboxylic acids is 1. The molecular formula is C18H20N4O3S2. The third-order valence-corrected chi connectivity index (χ3v) is 6.77. The van der Waals surface area contributed by atoms with E-state index in [-0.39, 0.29) is 16.6 Å². The molecule has 0 fully saturated rings. The Morgan fingerprint density at radius 3 is 2.67 bits per heavy atom. The number of aryl methyl sites for hydroxylation is 1. The average Bonchev–Trinajstić information content (AvgIpc) is 3.04. The summed E-state index contributed by atoms with van der Waals surface area (Å²) in [6.45, 7) is 1.72. The van der Waals surface area contributed by atoms with Crippen LogP contribution in [0.2, 0.25) is 0 Å². The third-order valence-electron chi connectivity index (χ3n) is 3.94. The predicted molar refractivity (Wildman–Crippen MR) is 107 cm³/mol. The largest absolute Gasteiger partial charge is 0.333 e. The molecule has 0 saturated heterocycles. The number of imidazole rings is 1. The highest BCUT2D eigenvalue weighted by Crippen LogP contribution is 2.23. The van der Waals surface area contributed by atoms with Crippen molar-refractivity contribution in [3.63, 3.8) is 0 Å². The van der Waals surface area contributed by atoms with Crippen molar-refractivity contribution in [1.29, 1.82) is 0 Å². The maximum absolute atomic E-state index is 12.4. The minimum atomic E-state index is -3.57. The van der Waals surface area contributed by atoms with Gasteiger partial charge in [0.1, 0.15) is 0 Å². The van der Waals surface area contributed by atoms with Gasteiger partial charge in [-0.15, -0.1) is 0 Å². The average molecular weight is 405 g/mol. The number of hydrogen-bond acceptors (Lipinski definition) is 5. The molecule has 142 valence electrons. The maximum atomic E-state index is 12.4. The van der Waals surface area contributed by atoms with Crippen molar-refractivity contribution in [2.24, 2.45) is 0 Å². The molecule has 0 saturated carbocycles. The number of amides is 1. The van der Waals surface area contributed by atoms with Crippen LogP contribution < -0.4 is 5.32 Å². The molecule has 9 heteroatoms. The Bertz CT molecular complexity index is 1060. The highest BCUT2D eigenvalue weighted by atomic mass is 32.2. The van der Waals surface area contributed by atoms with Gasteiger partial charge < -0.3 is 10.3 Å². The van der Waals surface area contributed by atoms with Crippen LogP contribution in [0.5, 0.6) is 0 Å². The van der Waals surface area contributed by atoms with E-state index < -0.39 is 10.0 Å². The number of anilines is 1. The van der Waals surface area contributed by atoms with E-state index in [1.54, 1.807) is 19.1 Å². The fourth-order valence-corrected chi connectivity index (χ4v) is 4.31. The molecule has 3 aromatic rings. The van der Waals surface area contributed by atoms with E-state index in [9.17, 15) is 13.2 Å². The zero-order valence-corrected chi connectivity index (χ0v) is 16.8. The Morgan fingerprint density at radius 2 is 1.96 bits per heavy atom. The van der Waals surface area contributed by atoms with E-state index >= 15 is 0 Å². The summed E-state index contributed by atoms with van der Waals surface area (Å²) in [6.07, 6.45) is 0. The second-order valence-corrected chi connectivity index (χ2v) is 9.25. The van der Waals surface area contributed by atoms with Crippen LogP contribution in [0.1, 0.15) is 5.56 Å². The number of nitrogens with zero attached hydrogens (tertiary/aromatic N) is 2. The first-order valence-electron chi connectivity index (χ1n) is 8.18. The first kappa shape index (κ1) is 19.4. The number of H-pyrrole nitrogens is 1. The molecule has 0 bridgehead atoms. The summed E-state index contributed by atoms with van der Waals surface area (Å²) in [5, 5.41) is 3.40. The molecule has 7 nitrogen and oxygen atoms in total. The number of benzene rings is 2. The van der Waals surface area contributed by atoms with Gasteiger partial charge >= 0.3 is 0 Å². The molecule has 3 rings (SSSR count). The second kappa shape index (κ2) is 7.71. The van der Waals surface area contributed by atoms with Gasteiger partial charge in [-0.25, -0.2) is 17.7 Å². The minimum Gasteiger partial charge on any atom is -0.333 e. The van der Waals surface area contributed by atoms with Crippen LogP contribution in [0.4, 0.5) is 5.69 Å². The van der Waals surface area contributed by atoms with Crippen molar-refractivity contribution in [3.05, 3.63) is 48.0 Å². The zero-order valence-electron chi connectivity index (χ0n) is 15.2. The minimum absolute atomic E-state index is 0.156. The first-order chi connectivity index (χ1) is 12.8. The molecule has 0 atom stereocenters. The van der Waals surface area contributed by atoms with Gasteiger partial charge in [0.25, 0.3) is 0 Å². The number of hydrogen-bond donors (Lipinski definition) is 2. The topological polar surface area (TPSA) is 95.2 Å². The summed E-state index contributed by atoms with van der Waals surface area (Å²) in [5.74, 6) is -0.0822. The van der Waals surface area contributed by atoms with Gasteiger partial charge in [0, 0.05) is 19.8 Å². The fraction of sp³-hybridized carbons (Fsp3) is 0.222. The normalized spacial score (nSPS) is 11.9. The summed E-state index contributed by atoms with van der Waals surface area (Å²) in [4.78, 5) is 20.0. The fourth-order valence-electron chi connectivity index (χ4n) is 2.48. The van der Waals surface area contributed by atoms with Crippen molar-refractivity contribution >= 4 is 44.4 Å². The lowest BCUT2D eigenvalue weighted by Gasteiger charge is -2.15. The second-order valence-electron chi connectivity index (χ2n) is 6.16. The molecule has 1 amide bonds. The Kier molecular flexibility index (Phi) is 5.54. The Balaban J connectivity index is 1.69. The lowest BCUT2D eigenvalue weighted by Crippen LogP contribution is -2.23. The predicted octanol–water partition coefficient (Wildman–Crippen LogP) is 2.85. The molecule has 0 aliphatic rings. The summed E-state index contributed by atoms with van der Waals surface area (Å²) < 4.78 is 25.9. The SMILES string of the molecule is Cc1ccc(NC(=O)CSc2nc3ccccc3[nH]2)cc1S(=O)(=O)N(C)C. The third kappa shape index (κ3) is 4.32. The van der Waals surface area contributed by atoms with Crippen LogP contribution in [-0.2, 0) is 14.8 Å². The highest BCUT2D eigenvalue weighted by molar-refractivity contribution is 7.99. The number of fused-ring (bicyclic) bond motifs is 1. The van der Waals surface area contributed by atoms with Crippen molar-refractivity contribution in [1.82, 2.24) is 14.3 Å². The lowest BCUT2D eigenvalue weighted by molar-refractivity contribution is -0.113. The van der Waals surface area contributed by atoms with E-state index in [1.807, 2.05) is 24.3 Å². The number of rotatable bonds is 6. The van der Waals surface area contributed by atoms with Crippen molar-refractivity contribution < 1.29 is 13.2 Å². The van der Waals surface area contributed by atoms with E-state index in [1.165, 1.54) is 31.9 Å². The number of thioether (sulfide) groups is 1. The molecule has 27 heavy (non-hydrogen) atoms. The monoisotopic (exact) mass is 404 g/mol. The molecule has 1 aromatic heterocycles. The van der Waals surface area contributed by atoms with E-state index in [2.05, 4.69) is 15.3 Å².